The molecular formula is C11H11Cl4NO. The Morgan fingerprint density at radius 2 is 2.12 bits per heavy atom. The van der Waals surface area contributed by atoms with Crippen molar-refractivity contribution in [1.29, 1.82) is 0 Å². The fraction of sp³-hybridized carbons (Fsp3) is 0.545. The minimum absolute atomic E-state index is 0.269. The molecule has 0 bridgehead atoms. The molecule has 1 saturated heterocycles. The molecule has 17 heavy (non-hydrogen) atoms. The summed E-state index contributed by atoms with van der Waals surface area (Å²) in [6.45, 7) is 1.14. The molecule has 6 heteroatoms. The predicted octanol–water partition coefficient (Wildman–Crippen LogP) is 3.66. The van der Waals surface area contributed by atoms with Crippen LogP contribution in [0.4, 0.5) is 0 Å². The van der Waals surface area contributed by atoms with E-state index in [0.29, 0.717) is 29.1 Å². The maximum Gasteiger partial charge on any atom is 0.256 e. The van der Waals surface area contributed by atoms with Crippen molar-refractivity contribution in [2.75, 3.05) is 13.1 Å². The van der Waals surface area contributed by atoms with Crippen molar-refractivity contribution >= 4 is 52.3 Å². The van der Waals surface area contributed by atoms with Crippen LogP contribution in [0.3, 0.4) is 0 Å². The lowest BCUT2D eigenvalue weighted by atomic mass is 9.85. The Kier molecular flexibility index (Phi) is 4.30. The van der Waals surface area contributed by atoms with Crippen LogP contribution in [0.5, 0.6) is 0 Å². The number of hydrogen-bond donors (Lipinski definition) is 0. The first kappa shape index (κ1) is 13.5. The van der Waals surface area contributed by atoms with E-state index < -0.39 is 4.84 Å². The van der Waals surface area contributed by atoms with Crippen molar-refractivity contribution in [3.63, 3.8) is 0 Å². The standard InChI is InChI=1S/C11H11Cl4NO/c12-8-2-1-6-3-4-16(11(17)10(14)15)5-7(6)9(8)13/h2,6,10H,1,3-5H2. The predicted molar refractivity (Wildman–Crippen MR) is 71.6 cm³/mol. The third-order valence-electron chi connectivity index (χ3n) is 3.17. The van der Waals surface area contributed by atoms with Gasteiger partial charge in [-0.15, -0.1) is 0 Å². The highest BCUT2D eigenvalue weighted by atomic mass is 35.5. The second-order valence-electron chi connectivity index (χ2n) is 4.17. The smallest absolute Gasteiger partial charge is 0.256 e. The van der Waals surface area contributed by atoms with Crippen molar-refractivity contribution in [3.05, 3.63) is 21.7 Å². The van der Waals surface area contributed by atoms with Gasteiger partial charge in [0.05, 0.1) is 10.1 Å². The van der Waals surface area contributed by atoms with E-state index in [1.807, 2.05) is 6.08 Å². The van der Waals surface area contributed by atoms with E-state index in [0.717, 1.165) is 18.4 Å². The first-order chi connectivity index (χ1) is 8.00. The maximum atomic E-state index is 11.7. The Labute approximate surface area is 120 Å². The molecule has 94 valence electrons. The van der Waals surface area contributed by atoms with Gasteiger partial charge in [0.2, 0.25) is 0 Å². The second kappa shape index (κ2) is 5.40. The van der Waals surface area contributed by atoms with Gasteiger partial charge in [-0.25, -0.2) is 0 Å². The van der Waals surface area contributed by atoms with Gasteiger partial charge in [-0.05, 0) is 24.3 Å². The third-order valence-corrected chi connectivity index (χ3v) is 4.43. The lowest BCUT2D eigenvalue weighted by Gasteiger charge is -2.36. The molecule has 1 unspecified atom stereocenters. The summed E-state index contributed by atoms with van der Waals surface area (Å²) < 4.78 is 0. The van der Waals surface area contributed by atoms with Gasteiger partial charge in [-0.2, -0.15) is 0 Å². The number of amides is 1. The summed E-state index contributed by atoms with van der Waals surface area (Å²) in [7, 11) is 0. The monoisotopic (exact) mass is 313 g/mol. The Morgan fingerprint density at radius 3 is 2.76 bits per heavy atom. The lowest BCUT2D eigenvalue weighted by molar-refractivity contribution is -0.129. The molecule has 1 fully saturated rings. The minimum Gasteiger partial charge on any atom is -0.336 e. The summed E-state index contributed by atoms with van der Waals surface area (Å²) in [5.41, 5.74) is 1.02. The van der Waals surface area contributed by atoms with Gasteiger partial charge >= 0.3 is 0 Å². The minimum atomic E-state index is -1.01. The number of halogens is 4. The number of nitrogens with zero attached hydrogens (tertiary/aromatic N) is 1. The number of likely N-dealkylation sites (tertiary alicyclic amines) is 1. The van der Waals surface area contributed by atoms with Gasteiger partial charge < -0.3 is 4.90 Å². The topological polar surface area (TPSA) is 20.3 Å². The van der Waals surface area contributed by atoms with E-state index >= 15 is 0 Å². The van der Waals surface area contributed by atoms with E-state index in [4.69, 9.17) is 46.4 Å². The highest BCUT2D eigenvalue weighted by Gasteiger charge is 2.32. The molecule has 0 aromatic carbocycles. The summed E-state index contributed by atoms with van der Waals surface area (Å²) in [6.07, 6.45) is 3.69. The van der Waals surface area contributed by atoms with Gasteiger partial charge in [0.1, 0.15) is 0 Å². The van der Waals surface area contributed by atoms with Crippen molar-refractivity contribution in [2.24, 2.45) is 5.92 Å². The van der Waals surface area contributed by atoms with Gasteiger partial charge in [0.15, 0.2) is 4.84 Å². The fourth-order valence-electron chi connectivity index (χ4n) is 2.22. The van der Waals surface area contributed by atoms with Crippen LogP contribution >= 0.6 is 46.4 Å². The van der Waals surface area contributed by atoms with Crippen LogP contribution in [-0.4, -0.2) is 28.7 Å². The number of piperidine rings is 1. The van der Waals surface area contributed by atoms with Gasteiger partial charge in [0, 0.05) is 13.1 Å². The van der Waals surface area contributed by atoms with E-state index in [2.05, 4.69) is 0 Å². The highest BCUT2D eigenvalue weighted by molar-refractivity contribution is 6.53. The third kappa shape index (κ3) is 2.76. The Hall–Kier alpha value is 0.110. The molecule has 1 aliphatic carbocycles. The molecule has 1 aliphatic heterocycles. The van der Waals surface area contributed by atoms with Crippen LogP contribution in [0.25, 0.3) is 0 Å². The normalized spacial score (nSPS) is 24.9. The average molecular weight is 315 g/mol. The van der Waals surface area contributed by atoms with Crippen LogP contribution in [0.2, 0.25) is 0 Å². The van der Waals surface area contributed by atoms with Crippen molar-refractivity contribution in [3.8, 4) is 0 Å². The number of alkyl halides is 2. The van der Waals surface area contributed by atoms with Crippen molar-refractivity contribution in [1.82, 2.24) is 4.90 Å². The van der Waals surface area contributed by atoms with Gasteiger partial charge in [0.25, 0.3) is 5.91 Å². The van der Waals surface area contributed by atoms with Crippen LogP contribution in [0, 0.1) is 5.92 Å². The average Bonchev–Trinajstić information content (AvgIpc) is 2.32. The Morgan fingerprint density at radius 1 is 1.41 bits per heavy atom. The molecule has 2 rings (SSSR count). The molecule has 0 saturated carbocycles. The van der Waals surface area contributed by atoms with Crippen LogP contribution in [0.1, 0.15) is 12.8 Å². The molecule has 1 atom stereocenters. The number of hydrogen-bond acceptors (Lipinski definition) is 1. The quantitative estimate of drug-likeness (QED) is 0.676. The first-order valence-corrected chi connectivity index (χ1v) is 6.95. The summed E-state index contributed by atoms with van der Waals surface area (Å²) in [4.78, 5) is 12.3. The zero-order valence-corrected chi connectivity index (χ0v) is 12.0. The second-order valence-corrected chi connectivity index (χ2v) is 6.05. The number of fused-ring (bicyclic) bond motifs is 1. The molecule has 2 aliphatic rings. The summed E-state index contributed by atoms with van der Waals surface area (Å²) in [6, 6.07) is 0. The molecular weight excluding hydrogens is 304 g/mol. The first-order valence-electron chi connectivity index (χ1n) is 5.32. The van der Waals surface area contributed by atoms with Crippen molar-refractivity contribution in [2.45, 2.75) is 17.7 Å². The lowest BCUT2D eigenvalue weighted by Crippen LogP contribution is -2.43. The van der Waals surface area contributed by atoms with E-state index in [-0.39, 0.29) is 5.91 Å². The van der Waals surface area contributed by atoms with E-state index in [9.17, 15) is 4.79 Å². The SMILES string of the molecule is O=C(C(Cl)Cl)N1CCC2CC=C(Cl)C(Cl)=C2C1. The van der Waals surface area contributed by atoms with E-state index in [1.165, 1.54) is 0 Å². The molecule has 0 spiro atoms. The molecule has 1 heterocycles. The summed E-state index contributed by atoms with van der Waals surface area (Å²) >= 11 is 23.3. The Bertz CT molecular complexity index is 402. The van der Waals surface area contributed by atoms with Gasteiger partial charge in [-0.1, -0.05) is 52.5 Å². The highest BCUT2D eigenvalue weighted by Crippen LogP contribution is 2.39. The molecule has 0 aromatic heterocycles. The number of rotatable bonds is 1. The number of allylic oxidation sites excluding steroid dienone is 3. The molecule has 0 N–H and O–H groups in total. The number of carbonyl (C=O) groups is 1. The Balaban J connectivity index is 2.18. The summed E-state index contributed by atoms with van der Waals surface area (Å²) in [5, 5.41) is 1.14. The van der Waals surface area contributed by atoms with Gasteiger partial charge in [-0.3, -0.25) is 4.79 Å². The molecule has 0 radical (unpaired) electrons. The number of carbonyl (C=O) groups excluding carboxylic acids is 1. The van der Waals surface area contributed by atoms with E-state index in [1.54, 1.807) is 4.90 Å². The van der Waals surface area contributed by atoms with Crippen LogP contribution < -0.4 is 0 Å². The molecule has 1 amide bonds. The largest absolute Gasteiger partial charge is 0.336 e. The fourth-order valence-corrected chi connectivity index (χ4v) is 3.00. The van der Waals surface area contributed by atoms with Crippen molar-refractivity contribution < 1.29 is 4.79 Å². The zero-order chi connectivity index (χ0) is 12.6. The molecule has 2 nitrogen and oxygen atoms in total. The molecule has 0 aromatic rings. The zero-order valence-electron chi connectivity index (χ0n) is 8.93. The van der Waals surface area contributed by atoms with Crippen LogP contribution in [-0.2, 0) is 4.79 Å². The maximum absolute atomic E-state index is 11.7. The summed E-state index contributed by atoms with van der Waals surface area (Å²) in [5.74, 6) is 0.118. The van der Waals surface area contributed by atoms with Crippen LogP contribution in [0.15, 0.2) is 21.7 Å².